The minimum Gasteiger partial charge on any atom is -0.487 e. The molecule has 2 amide bonds. The van der Waals surface area contributed by atoms with Crippen LogP contribution in [0.2, 0.25) is 0 Å². The van der Waals surface area contributed by atoms with Crippen molar-refractivity contribution in [1.29, 1.82) is 0 Å². The third-order valence-corrected chi connectivity index (χ3v) is 6.01. The minimum absolute atomic E-state index is 0.0285. The Morgan fingerprint density at radius 2 is 2.21 bits per heavy atom. The summed E-state index contributed by atoms with van der Waals surface area (Å²) in [6.45, 7) is 3.02. The van der Waals surface area contributed by atoms with E-state index in [4.69, 9.17) is 4.74 Å². The van der Waals surface area contributed by atoms with Crippen LogP contribution in [-0.4, -0.2) is 50.7 Å². The molecule has 0 aliphatic carbocycles. The molecule has 2 aliphatic rings. The van der Waals surface area contributed by atoms with Gasteiger partial charge in [-0.1, -0.05) is 25.1 Å². The lowest BCUT2D eigenvalue weighted by molar-refractivity contribution is -0.129. The highest BCUT2D eigenvalue weighted by atomic mass is 16.5. The Morgan fingerprint density at radius 3 is 3.00 bits per heavy atom. The van der Waals surface area contributed by atoms with Gasteiger partial charge in [0, 0.05) is 38.4 Å². The Kier molecular flexibility index (Phi) is 5.25. The maximum atomic E-state index is 12.9. The average Bonchev–Trinajstić information content (AvgIpc) is 3.19. The summed E-state index contributed by atoms with van der Waals surface area (Å²) in [5, 5.41) is 7.31. The van der Waals surface area contributed by atoms with Crippen LogP contribution in [0.3, 0.4) is 0 Å². The number of nitrogens with zero attached hydrogens (tertiary/aromatic N) is 4. The molecule has 0 radical (unpaired) electrons. The van der Waals surface area contributed by atoms with E-state index in [-0.39, 0.29) is 23.8 Å². The number of hydrogen-bond donors (Lipinski definition) is 1. The van der Waals surface area contributed by atoms with Crippen LogP contribution in [0.5, 0.6) is 5.75 Å². The Balaban J connectivity index is 1.53. The van der Waals surface area contributed by atoms with Gasteiger partial charge in [-0.2, -0.15) is 5.10 Å². The first kappa shape index (κ1) is 19.4. The molecule has 8 heteroatoms. The van der Waals surface area contributed by atoms with Crippen molar-refractivity contribution >= 4 is 11.8 Å². The van der Waals surface area contributed by atoms with Crippen LogP contribution in [0.4, 0.5) is 0 Å². The third-order valence-electron chi connectivity index (χ3n) is 6.01. The van der Waals surface area contributed by atoms with Gasteiger partial charge in [-0.05, 0) is 12.5 Å². The van der Waals surface area contributed by atoms with Crippen molar-refractivity contribution in [3.05, 3.63) is 42.5 Å². The molecule has 1 fully saturated rings. The molecule has 3 heterocycles. The van der Waals surface area contributed by atoms with Crippen molar-refractivity contribution in [1.82, 2.24) is 25.0 Å². The van der Waals surface area contributed by atoms with Gasteiger partial charge in [0.05, 0.1) is 18.5 Å². The lowest BCUT2D eigenvalue weighted by Crippen LogP contribution is -2.46. The average molecular weight is 397 g/mol. The maximum absolute atomic E-state index is 12.9. The number of nitrogens with one attached hydrogen (secondary N) is 1. The number of carbonyl (C=O) groups excluding carboxylic acids is 2. The summed E-state index contributed by atoms with van der Waals surface area (Å²) in [6.07, 6.45) is 5.61. The Hall–Kier alpha value is -2.90. The summed E-state index contributed by atoms with van der Waals surface area (Å²) in [6, 6.07) is 7.71. The van der Waals surface area contributed by atoms with E-state index in [1.54, 1.807) is 15.9 Å². The normalized spacial score (nSPS) is 25.1. The van der Waals surface area contributed by atoms with Crippen LogP contribution in [-0.2, 0) is 16.1 Å². The molecule has 1 aromatic heterocycles. The smallest absolute Gasteiger partial charge is 0.225 e. The SMILES string of the molecule is C[C@@H](Cn1cncn1)C(=O)N[C@@H]1C[C@@]2(CCC(=O)N(C)CC2)Oc2ccccc21. The Morgan fingerprint density at radius 1 is 1.38 bits per heavy atom. The van der Waals surface area contributed by atoms with Crippen molar-refractivity contribution in [3.63, 3.8) is 0 Å². The fraction of sp³-hybridized carbons (Fsp3) is 0.524. The second-order valence-corrected chi connectivity index (χ2v) is 8.17. The molecule has 0 bridgehead atoms. The molecular formula is C21H27N5O3. The number of carbonyl (C=O) groups is 2. The molecule has 8 nitrogen and oxygen atoms in total. The number of hydrogen-bond acceptors (Lipinski definition) is 5. The van der Waals surface area contributed by atoms with E-state index in [0.29, 0.717) is 32.4 Å². The van der Waals surface area contributed by atoms with Gasteiger partial charge in [-0.3, -0.25) is 14.3 Å². The van der Waals surface area contributed by atoms with Crippen LogP contribution in [0, 0.1) is 5.92 Å². The summed E-state index contributed by atoms with van der Waals surface area (Å²) in [5.74, 6) is 0.667. The monoisotopic (exact) mass is 397 g/mol. The molecule has 154 valence electrons. The van der Waals surface area contributed by atoms with Crippen molar-refractivity contribution in [2.75, 3.05) is 13.6 Å². The van der Waals surface area contributed by atoms with Crippen molar-refractivity contribution < 1.29 is 14.3 Å². The van der Waals surface area contributed by atoms with Crippen LogP contribution in [0.15, 0.2) is 36.9 Å². The molecule has 2 aliphatic heterocycles. The minimum atomic E-state index is -0.443. The molecule has 0 saturated carbocycles. The molecule has 1 spiro atoms. The quantitative estimate of drug-likeness (QED) is 0.852. The van der Waals surface area contributed by atoms with Gasteiger partial charge in [-0.15, -0.1) is 0 Å². The van der Waals surface area contributed by atoms with E-state index in [0.717, 1.165) is 17.7 Å². The molecule has 3 atom stereocenters. The summed E-state index contributed by atoms with van der Waals surface area (Å²) in [5.41, 5.74) is 0.547. The van der Waals surface area contributed by atoms with E-state index >= 15 is 0 Å². The van der Waals surface area contributed by atoms with Crippen LogP contribution in [0.1, 0.15) is 44.2 Å². The molecule has 1 N–H and O–H groups in total. The van der Waals surface area contributed by atoms with Gasteiger partial charge in [-0.25, -0.2) is 4.98 Å². The first-order valence-corrected chi connectivity index (χ1v) is 10.1. The lowest BCUT2D eigenvalue weighted by Gasteiger charge is -2.42. The molecule has 0 unspecified atom stereocenters. The van der Waals surface area contributed by atoms with Crippen molar-refractivity contribution in [2.45, 2.75) is 50.8 Å². The van der Waals surface area contributed by atoms with Gasteiger partial charge in [0.2, 0.25) is 11.8 Å². The summed E-state index contributed by atoms with van der Waals surface area (Å²) in [4.78, 5) is 30.8. The Bertz CT molecular complexity index is 884. The number of likely N-dealkylation sites (tertiary alicyclic amines) is 1. The molecule has 1 saturated heterocycles. The van der Waals surface area contributed by atoms with Gasteiger partial charge in [0.25, 0.3) is 0 Å². The van der Waals surface area contributed by atoms with Gasteiger partial charge in [0.15, 0.2) is 0 Å². The predicted molar refractivity (Wildman–Crippen MR) is 106 cm³/mol. The highest BCUT2D eigenvalue weighted by Crippen LogP contribution is 2.44. The van der Waals surface area contributed by atoms with E-state index < -0.39 is 5.60 Å². The van der Waals surface area contributed by atoms with Gasteiger partial charge in [0.1, 0.15) is 24.0 Å². The fourth-order valence-corrected chi connectivity index (χ4v) is 4.20. The highest BCUT2D eigenvalue weighted by molar-refractivity contribution is 5.79. The van der Waals surface area contributed by atoms with Gasteiger partial charge < -0.3 is 15.0 Å². The van der Waals surface area contributed by atoms with E-state index in [9.17, 15) is 9.59 Å². The van der Waals surface area contributed by atoms with E-state index in [1.165, 1.54) is 6.33 Å². The number of fused-ring (bicyclic) bond motifs is 1. The van der Waals surface area contributed by atoms with Crippen LogP contribution < -0.4 is 10.1 Å². The molecule has 1 aromatic carbocycles. The summed E-state index contributed by atoms with van der Waals surface area (Å²) >= 11 is 0. The zero-order valence-electron chi connectivity index (χ0n) is 16.9. The molecular weight excluding hydrogens is 370 g/mol. The highest BCUT2D eigenvalue weighted by Gasteiger charge is 2.43. The zero-order valence-corrected chi connectivity index (χ0v) is 16.9. The maximum Gasteiger partial charge on any atom is 0.225 e. The van der Waals surface area contributed by atoms with Crippen LogP contribution in [0.25, 0.3) is 0 Å². The predicted octanol–water partition coefficient (Wildman–Crippen LogP) is 1.94. The number of ether oxygens (including phenoxy) is 1. The first-order chi connectivity index (χ1) is 14.0. The largest absolute Gasteiger partial charge is 0.487 e. The van der Waals surface area contributed by atoms with Crippen molar-refractivity contribution in [2.24, 2.45) is 5.92 Å². The van der Waals surface area contributed by atoms with Crippen molar-refractivity contribution in [3.8, 4) is 5.75 Å². The number of rotatable bonds is 4. The number of aromatic nitrogens is 3. The van der Waals surface area contributed by atoms with Crippen LogP contribution >= 0.6 is 0 Å². The topological polar surface area (TPSA) is 89.3 Å². The number of para-hydroxylation sites is 1. The fourth-order valence-electron chi connectivity index (χ4n) is 4.20. The molecule has 29 heavy (non-hydrogen) atoms. The van der Waals surface area contributed by atoms with E-state index in [1.807, 2.05) is 38.2 Å². The molecule has 2 aromatic rings. The first-order valence-electron chi connectivity index (χ1n) is 10.1. The number of amides is 2. The second kappa shape index (κ2) is 7.85. The summed E-state index contributed by atoms with van der Waals surface area (Å²) < 4.78 is 8.11. The zero-order chi connectivity index (χ0) is 20.4. The number of benzene rings is 1. The second-order valence-electron chi connectivity index (χ2n) is 8.17. The van der Waals surface area contributed by atoms with Gasteiger partial charge >= 0.3 is 0 Å². The lowest BCUT2D eigenvalue weighted by atomic mass is 9.82. The standard InChI is InChI=1S/C21H27N5O3/c1-15(12-26-14-22-13-23-26)20(28)24-17-11-21(8-7-19(27)25(2)10-9-21)29-18-6-4-3-5-16(17)18/h3-6,13-15,17H,7-12H2,1-2H3,(H,24,28)/t15-,17+,21-/m0/s1. The third kappa shape index (κ3) is 4.11. The van der Waals surface area contributed by atoms with E-state index in [2.05, 4.69) is 15.4 Å². The Labute approximate surface area is 170 Å². The molecule has 4 rings (SSSR count). The summed E-state index contributed by atoms with van der Waals surface area (Å²) in [7, 11) is 1.84.